The van der Waals surface area contributed by atoms with E-state index in [-0.39, 0.29) is 0 Å². The highest BCUT2D eigenvalue weighted by Crippen LogP contribution is 2.23. The predicted molar refractivity (Wildman–Crippen MR) is 79.5 cm³/mol. The molecule has 0 bridgehead atoms. The van der Waals surface area contributed by atoms with Gasteiger partial charge in [0.2, 0.25) is 0 Å². The molecule has 0 saturated carbocycles. The second kappa shape index (κ2) is 6.10. The summed E-state index contributed by atoms with van der Waals surface area (Å²) in [6, 6.07) is 6.30. The fourth-order valence-electron chi connectivity index (χ4n) is 1.97. The van der Waals surface area contributed by atoms with Crippen LogP contribution in [0.1, 0.15) is 32.3 Å². The molecule has 0 aromatic heterocycles. The van der Waals surface area contributed by atoms with E-state index in [0.717, 1.165) is 18.5 Å². The van der Waals surface area contributed by atoms with Crippen molar-refractivity contribution in [1.29, 1.82) is 0 Å². The van der Waals surface area contributed by atoms with E-state index in [2.05, 4.69) is 35.3 Å². The molecule has 18 heavy (non-hydrogen) atoms. The van der Waals surface area contributed by atoms with Crippen LogP contribution < -0.4 is 10.2 Å². The number of nitrogens with zero attached hydrogens (tertiary/aromatic N) is 1. The smallest absolute Gasteiger partial charge is 0.0814 e. The second-order valence-corrected chi connectivity index (χ2v) is 5.18. The Bertz CT molecular complexity index is 384. The zero-order valence-corrected chi connectivity index (χ0v) is 12.2. The van der Waals surface area contributed by atoms with Crippen LogP contribution >= 0.6 is 0 Å². The maximum Gasteiger partial charge on any atom is 0.0814 e. The molecule has 3 heteroatoms. The van der Waals surface area contributed by atoms with Crippen molar-refractivity contribution in [3.63, 3.8) is 0 Å². The summed E-state index contributed by atoms with van der Waals surface area (Å²) in [4.78, 5) is 2.10. The number of aryl methyl sites for hydroxylation is 1. The highest BCUT2D eigenvalue weighted by atomic mass is 16.3. The molecule has 3 nitrogen and oxygen atoms in total. The van der Waals surface area contributed by atoms with Crippen molar-refractivity contribution < 1.29 is 5.11 Å². The van der Waals surface area contributed by atoms with Crippen molar-refractivity contribution in [3.8, 4) is 0 Å². The maximum atomic E-state index is 10.3. The Morgan fingerprint density at radius 3 is 2.33 bits per heavy atom. The van der Waals surface area contributed by atoms with Gasteiger partial charge < -0.3 is 15.3 Å². The topological polar surface area (TPSA) is 35.5 Å². The molecule has 0 spiro atoms. The Morgan fingerprint density at radius 1 is 1.22 bits per heavy atom. The van der Waals surface area contributed by atoms with Gasteiger partial charge in [-0.05, 0) is 37.5 Å². The predicted octanol–water partition coefficient (Wildman–Crippen LogP) is 3.02. The van der Waals surface area contributed by atoms with Crippen LogP contribution in [0.15, 0.2) is 18.2 Å². The number of hydrogen-bond acceptors (Lipinski definition) is 3. The van der Waals surface area contributed by atoms with Crippen molar-refractivity contribution in [2.24, 2.45) is 0 Å². The Morgan fingerprint density at radius 2 is 1.83 bits per heavy atom. The van der Waals surface area contributed by atoms with Crippen LogP contribution in [0.25, 0.3) is 0 Å². The summed E-state index contributed by atoms with van der Waals surface area (Å²) in [7, 11) is 4.08. The third-order valence-electron chi connectivity index (χ3n) is 3.63. The summed E-state index contributed by atoms with van der Waals surface area (Å²) in [5.41, 5.74) is 2.91. The summed E-state index contributed by atoms with van der Waals surface area (Å²) >= 11 is 0. The molecule has 102 valence electrons. The molecule has 0 amide bonds. The number of benzene rings is 1. The fourth-order valence-corrected chi connectivity index (χ4v) is 1.97. The van der Waals surface area contributed by atoms with Crippen molar-refractivity contribution >= 4 is 11.4 Å². The zero-order valence-electron chi connectivity index (χ0n) is 12.2. The first kappa shape index (κ1) is 14.8. The third-order valence-corrected chi connectivity index (χ3v) is 3.63. The molecule has 0 aliphatic heterocycles. The van der Waals surface area contributed by atoms with Crippen LogP contribution in [0, 0.1) is 6.92 Å². The first-order chi connectivity index (χ1) is 8.41. The average Bonchev–Trinajstić information content (AvgIpc) is 2.37. The van der Waals surface area contributed by atoms with Crippen LogP contribution in [0.2, 0.25) is 0 Å². The van der Waals surface area contributed by atoms with Gasteiger partial charge in [0.05, 0.1) is 5.60 Å². The van der Waals surface area contributed by atoms with E-state index < -0.39 is 5.60 Å². The number of hydrogen-bond donors (Lipinski definition) is 2. The van der Waals surface area contributed by atoms with E-state index in [1.165, 1.54) is 11.3 Å². The molecule has 0 fully saturated rings. The van der Waals surface area contributed by atoms with Gasteiger partial charge in [-0.25, -0.2) is 0 Å². The van der Waals surface area contributed by atoms with E-state index in [1.807, 2.05) is 27.9 Å². The van der Waals surface area contributed by atoms with Crippen molar-refractivity contribution in [1.82, 2.24) is 0 Å². The average molecular weight is 250 g/mol. The molecule has 1 rings (SSSR count). The molecular formula is C15H26N2O. The van der Waals surface area contributed by atoms with Crippen LogP contribution in [-0.2, 0) is 0 Å². The number of aliphatic hydroxyl groups is 1. The van der Waals surface area contributed by atoms with Gasteiger partial charge >= 0.3 is 0 Å². The van der Waals surface area contributed by atoms with Crippen LogP contribution in [0.5, 0.6) is 0 Å². The summed E-state index contributed by atoms with van der Waals surface area (Å²) in [6.07, 6.45) is 1.53. The lowest BCUT2D eigenvalue weighted by Crippen LogP contribution is -2.35. The Hall–Kier alpha value is -1.22. The highest BCUT2D eigenvalue weighted by Gasteiger charge is 2.21. The van der Waals surface area contributed by atoms with Gasteiger partial charge in [-0.1, -0.05) is 19.9 Å². The lowest BCUT2D eigenvalue weighted by molar-refractivity contribution is 0.0457. The Balaban J connectivity index is 2.77. The van der Waals surface area contributed by atoms with E-state index in [1.54, 1.807) is 0 Å². The number of rotatable bonds is 6. The van der Waals surface area contributed by atoms with Crippen LogP contribution in [0.4, 0.5) is 11.4 Å². The normalized spacial score (nSPS) is 11.4. The van der Waals surface area contributed by atoms with Crippen molar-refractivity contribution in [2.45, 2.75) is 39.2 Å². The van der Waals surface area contributed by atoms with Gasteiger partial charge in [0.25, 0.3) is 0 Å². The minimum atomic E-state index is -0.608. The Labute approximate surface area is 111 Å². The molecule has 1 aromatic carbocycles. The molecular weight excluding hydrogens is 224 g/mol. The quantitative estimate of drug-likeness (QED) is 0.814. The van der Waals surface area contributed by atoms with E-state index in [4.69, 9.17) is 0 Å². The second-order valence-electron chi connectivity index (χ2n) is 5.18. The first-order valence-electron chi connectivity index (χ1n) is 6.66. The van der Waals surface area contributed by atoms with Gasteiger partial charge in [-0.2, -0.15) is 0 Å². The monoisotopic (exact) mass is 250 g/mol. The van der Waals surface area contributed by atoms with E-state index >= 15 is 0 Å². The third kappa shape index (κ3) is 3.64. The standard InChI is InChI=1S/C15H26N2O/c1-6-15(18,7-2)11-16-13-9-8-12(3)14(10-13)17(4)5/h8-10,16,18H,6-7,11H2,1-5H3. The SMILES string of the molecule is CCC(O)(CC)CNc1ccc(C)c(N(C)C)c1. The number of anilines is 2. The zero-order chi connectivity index (χ0) is 13.8. The fraction of sp³-hybridized carbons (Fsp3) is 0.600. The minimum absolute atomic E-state index is 0.593. The molecule has 0 radical (unpaired) electrons. The van der Waals surface area contributed by atoms with Gasteiger partial charge in [-0.15, -0.1) is 0 Å². The van der Waals surface area contributed by atoms with E-state index in [9.17, 15) is 5.11 Å². The number of nitrogens with one attached hydrogen (secondary N) is 1. The van der Waals surface area contributed by atoms with Crippen molar-refractivity contribution in [3.05, 3.63) is 23.8 Å². The molecule has 1 aromatic rings. The van der Waals surface area contributed by atoms with Gasteiger partial charge in [-0.3, -0.25) is 0 Å². The summed E-state index contributed by atoms with van der Waals surface area (Å²) < 4.78 is 0. The van der Waals surface area contributed by atoms with Gasteiger partial charge in [0.15, 0.2) is 0 Å². The molecule has 2 N–H and O–H groups in total. The summed E-state index contributed by atoms with van der Waals surface area (Å²) in [5.74, 6) is 0. The molecule has 0 unspecified atom stereocenters. The minimum Gasteiger partial charge on any atom is -0.388 e. The largest absolute Gasteiger partial charge is 0.388 e. The summed E-state index contributed by atoms with van der Waals surface area (Å²) in [6.45, 7) is 6.74. The molecule has 0 aliphatic rings. The lowest BCUT2D eigenvalue weighted by Gasteiger charge is -2.26. The molecule has 0 atom stereocenters. The van der Waals surface area contributed by atoms with Gasteiger partial charge in [0, 0.05) is 32.0 Å². The van der Waals surface area contributed by atoms with Crippen LogP contribution in [0.3, 0.4) is 0 Å². The maximum absolute atomic E-state index is 10.3. The van der Waals surface area contributed by atoms with Gasteiger partial charge in [0.1, 0.15) is 0 Å². The van der Waals surface area contributed by atoms with Crippen LogP contribution in [-0.4, -0.2) is 31.3 Å². The molecule has 0 aliphatic carbocycles. The van der Waals surface area contributed by atoms with E-state index in [0.29, 0.717) is 6.54 Å². The summed E-state index contributed by atoms with van der Waals surface area (Å²) in [5, 5.41) is 13.6. The van der Waals surface area contributed by atoms with Crippen molar-refractivity contribution in [2.75, 3.05) is 30.9 Å². The lowest BCUT2D eigenvalue weighted by atomic mass is 9.97. The molecule has 0 saturated heterocycles. The highest BCUT2D eigenvalue weighted by molar-refractivity contribution is 5.61. The Kier molecular flexibility index (Phi) is 5.03. The first-order valence-corrected chi connectivity index (χ1v) is 6.66. The molecule has 0 heterocycles.